The summed E-state index contributed by atoms with van der Waals surface area (Å²) in [6, 6.07) is 8.82. The summed E-state index contributed by atoms with van der Waals surface area (Å²) in [6.45, 7) is 7.00. The van der Waals surface area contributed by atoms with E-state index in [1.807, 2.05) is 12.3 Å². The van der Waals surface area contributed by atoms with Crippen LogP contribution in [0, 0.1) is 0 Å². The molecule has 0 saturated carbocycles. The zero-order valence-corrected chi connectivity index (χ0v) is 12.6. The van der Waals surface area contributed by atoms with Crippen LogP contribution >= 0.6 is 0 Å². The SMILES string of the molecule is CCC(CN)N1CCN(c2nncc3ccccc23)CC1. The molecule has 0 spiro atoms. The first-order chi connectivity index (χ1) is 10.3. The molecule has 2 heterocycles. The van der Waals surface area contributed by atoms with Gasteiger partial charge in [-0.1, -0.05) is 31.2 Å². The molecule has 2 N–H and O–H groups in total. The first-order valence-electron chi connectivity index (χ1n) is 7.73. The Morgan fingerprint density at radius 3 is 2.67 bits per heavy atom. The first kappa shape index (κ1) is 14.2. The third-order valence-corrected chi connectivity index (χ3v) is 4.42. The fourth-order valence-corrected chi connectivity index (χ4v) is 3.12. The largest absolute Gasteiger partial charge is 0.352 e. The minimum atomic E-state index is 0.505. The van der Waals surface area contributed by atoms with E-state index >= 15 is 0 Å². The smallest absolute Gasteiger partial charge is 0.159 e. The number of hydrogen-bond donors (Lipinski definition) is 1. The van der Waals surface area contributed by atoms with E-state index in [0.29, 0.717) is 6.04 Å². The van der Waals surface area contributed by atoms with Gasteiger partial charge >= 0.3 is 0 Å². The maximum absolute atomic E-state index is 5.86. The number of piperazine rings is 1. The number of rotatable bonds is 4. The lowest BCUT2D eigenvalue weighted by molar-refractivity contribution is 0.184. The number of anilines is 1. The average molecular weight is 285 g/mol. The summed E-state index contributed by atoms with van der Waals surface area (Å²) in [5.41, 5.74) is 5.86. The van der Waals surface area contributed by atoms with Gasteiger partial charge < -0.3 is 10.6 Å². The van der Waals surface area contributed by atoms with Gasteiger partial charge in [-0.2, -0.15) is 5.10 Å². The molecule has 21 heavy (non-hydrogen) atoms. The van der Waals surface area contributed by atoms with E-state index in [-0.39, 0.29) is 0 Å². The van der Waals surface area contributed by atoms with E-state index in [1.165, 1.54) is 5.39 Å². The molecule has 1 aliphatic rings. The van der Waals surface area contributed by atoms with Gasteiger partial charge in [-0.05, 0) is 6.42 Å². The fourth-order valence-electron chi connectivity index (χ4n) is 3.12. The van der Waals surface area contributed by atoms with Gasteiger partial charge in [0.1, 0.15) is 0 Å². The van der Waals surface area contributed by atoms with Crippen LogP contribution in [0.4, 0.5) is 5.82 Å². The van der Waals surface area contributed by atoms with Crippen molar-refractivity contribution in [2.75, 3.05) is 37.6 Å². The Hall–Kier alpha value is -1.72. The molecule has 1 aromatic heterocycles. The van der Waals surface area contributed by atoms with Gasteiger partial charge in [-0.25, -0.2) is 0 Å². The molecule has 3 rings (SSSR count). The van der Waals surface area contributed by atoms with Gasteiger partial charge in [0.2, 0.25) is 0 Å². The van der Waals surface area contributed by atoms with Crippen molar-refractivity contribution >= 4 is 16.6 Å². The average Bonchev–Trinajstić information content (AvgIpc) is 2.56. The highest BCUT2D eigenvalue weighted by Gasteiger charge is 2.23. The minimum absolute atomic E-state index is 0.505. The Bertz CT molecular complexity index is 583. The molecule has 1 fully saturated rings. The van der Waals surface area contributed by atoms with Gasteiger partial charge in [0.25, 0.3) is 0 Å². The normalized spacial score (nSPS) is 18.1. The predicted molar refractivity (Wildman–Crippen MR) is 86.5 cm³/mol. The second-order valence-electron chi connectivity index (χ2n) is 5.58. The number of hydrogen-bond acceptors (Lipinski definition) is 5. The van der Waals surface area contributed by atoms with Crippen molar-refractivity contribution in [2.45, 2.75) is 19.4 Å². The number of benzene rings is 1. The minimum Gasteiger partial charge on any atom is -0.352 e. The number of aromatic nitrogens is 2. The molecule has 5 nitrogen and oxygen atoms in total. The van der Waals surface area contributed by atoms with Gasteiger partial charge in [0.05, 0.1) is 6.20 Å². The molecular weight excluding hydrogens is 262 g/mol. The van der Waals surface area contributed by atoms with E-state index in [0.717, 1.165) is 50.3 Å². The van der Waals surface area contributed by atoms with E-state index in [1.54, 1.807) is 0 Å². The van der Waals surface area contributed by atoms with Crippen LogP contribution in [0.1, 0.15) is 13.3 Å². The lowest BCUT2D eigenvalue weighted by atomic mass is 10.1. The summed E-state index contributed by atoms with van der Waals surface area (Å²) in [5, 5.41) is 10.9. The lowest BCUT2D eigenvalue weighted by Gasteiger charge is -2.39. The maximum atomic E-state index is 5.86. The van der Waals surface area contributed by atoms with Crippen molar-refractivity contribution < 1.29 is 0 Å². The summed E-state index contributed by atoms with van der Waals surface area (Å²) in [5.74, 6) is 1.01. The lowest BCUT2D eigenvalue weighted by Crippen LogP contribution is -2.52. The highest BCUT2D eigenvalue weighted by atomic mass is 15.3. The van der Waals surface area contributed by atoms with Gasteiger partial charge in [-0.3, -0.25) is 4.90 Å². The highest BCUT2D eigenvalue weighted by Crippen LogP contribution is 2.24. The monoisotopic (exact) mass is 285 g/mol. The van der Waals surface area contributed by atoms with Gasteiger partial charge in [-0.15, -0.1) is 5.10 Å². The Balaban J connectivity index is 1.77. The fraction of sp³-hybridized carbons (Fsp3) is 0.500. The van der Waals surface area contributed by atoms with Crippen LogP contribution in [0.5, 0.6) is 0 Å². The van der Waals surface area contributed by atoms with Crippen LogP contribution < -0.4 is 10.6 Å². The van der Waals surface area contributed by atoms with E-state index in [9.17, 15) is 0 Å². The summed E-state index contributed by atoms with van der Waals surface area (Å²) in [4.78, 5) is 4.84. The van der Waals surface area contributed by atoms with E-state index in [2.05, 4.69) is 45.1 Å². The Morgan fingerprint density at radius 2 is 1.95 bits per heavy atom. The van der Waals surface area contributed by atoms with E-state index in [4.69, 9.17) is 5.73 Å². The van der Waals surface area contributed by atoms with Gasteiger partial charge in [0.15, 0.2) is 5.82 Å². The molecule has 112 valence electrons. The van der Waals surface area contributed by atoms with Gasteiger partial charge in [0, 0.05) is 49.5 Å². The van der Waals surface area contributed by atoms with Crippen LogP contribution in [-0.2, 0) is 0 Å². The molecule has 0 aliphatic carbocycles. The summed E-state index contributed by atoms with van der Waals surface area (Å²) in [7, 11) is 0. The van der Waals surface area contributed by atoms with Crippen LogP contribution in [0.25, 0.3) is 10.8 Å². The van der Waals surface area contributed by atoms with E-state index < -0.39 is 0 Å². The summed E-state index contributed by atoms with van der Waals surface area (Å²) >= 11 is 0. The number of nitrogens with two attached hydrogens (primary N) is 1. The Labute approximate surface area is 125 Å². The molecule has 5 heteroatoms. The number of fused-ring (bicyclic) bond motifs is 1. The van der Waals surface area contributed by atoms with Crippen molar-refractivity contribution in [3.05, 3.63) is 30.5 Å². The van der Waals surface area contributed by atoms with Crippen LogP contribution in [-0.4, -0.2) is 53.9 Å². The van der Waals surface area contributed by atoms with Crippen molar-refractivity contribution in [1.82, 2.24) is 15.1 Å². The van der Waals surface area contributed by atoms with Crippen LogP contribution in [0.3, 0.4) is 0 Å². The van der Waals surface area contributed by atoms with Crippen molar-refractivity contribution in [3.63, 3.8) is 0 Å². The summed E-state index contributed by atoms with van der Waals surface area (Å²) in [6.07, 6.45) is 2.95. The summed E-state index contributed by atoms with van der Waals surface area (Å²) < 4.78 is 0. The standard InChI is InChI=1S/C16H23N5/c1-2-14(11-17)20-7-9-21(10-8-20)16-15-6-4-3-5-13(15)12-18-19-16/h3-6,12,14H,2,7-11,17H2,1H3. The van der Waals surface area contributed by atoms with Crippen LogP contribution in [0.15, 0.2) is 30.5 Å². The second kappa shape index (κ2) is 6.37. The molecular formula is C16H23N5. The first-order valence-corrected chi connectivity index (χ1v) is 7.73. The molecule has 2 aromatic rings. The zero-order chi connectivity index (χ0) is 14.7. The Kier molecular flexibility index (Phi) is 4.31. The molecule has 1 aromatic carbocycles. The molecule has 0 amide bonds. The van der Waals surface area contributed by atoms with Crippen molar-refractivity contribution in [1.29, 1.82) is 0 Å². The quantitative estimate of drug-likeness (QED) is 0.922. The molecule has 1 saturated heterocycles. The second-order valence-corrected chi connectivity index (χ2v) is 5.58. The molecule has 1 aliphatic heterocycles. The van der Waals surface area contributed by atoms with Crippen LogP contribution in [0.2, 0.25) is 0 Å². The Morgan fingerprint density at radius 1 is 1.19 bits per heavy atom. The third-order valence-electron chi connectivity index (χ3n) is 4.42. The molecule has 0 radical (unpaired) electrons. The molecule has 0 bridgehead atoms. The third kappa shape index (κ3) is 2.84. The van der Waals surface area contributed by atoms with Crippen molar-refractivity contribution in [2.24, 2.45) is 5.73 Å². The highest BCUT2D eigenvalue weighted by molar-refractivity contribution is 5.91. The topological polar surface area (TPSA) is 58.3 Å². The van der Waals surface area contributed by atoms with Crippen molar-refractivity contribution in [3.8, 4) is 0 Å². The maximum Gasteiger partial charge on any atom is 0.159 e. The molecule has 1 atom stereocenters. The molecule has 1 unspecified atom stereocenters. The zero-order valence-electron chi connectivity index (χ0n) is 12.6. The number of nitrogens with zero attached hydrogens (tertiary/aromatic N) is 4. The predicted octanol–water partition coefficient (Wildman–Crippen LogP) is 1.49.